The van der Waals surface area contributed by atoms with Gasteiger partial charge in [0.05, 0.1) is 23.8 Å². The van der Waals surface area contributed by atoms with E-state index in [9.17, 15) is 9.59 Å². The van der Waals surface area contributed by atoms with E-state index in [4.69, 9.17) is 14.7 Å². The van der Waals surface area contributed by atoms with Crippen molar-refractivity contribution in [2.75, 3.05) is 18.5 Å². The highest BCUT2D eigenvalue weighted by Gasteiger charge is 2.09. The molecule has 0 spiro atoms. The van der Waals surface area contributed by atoms with Gasteiger partial charge in [0.15, 0.2) is 6.61 Å². The fraction of sp³-hybridized carbons (Fsp3) is 0.192. The molecule has 0 heterocycles. The molecule has 0 atom stereocenters. The number of hydrogen-bond donors (Lipinski definition) is 1. The highest BCUT2D eigenvalue weighted by Crippen LogP contribution is 2.23. The van der Waals surface area contributed by atoms with Crippen LogP contribution in [0.2, 0.25) is 0 Å². The van der Waals surface area contributed by atoms with E-state index in [0.717, 1.165) is 11.1 Å². The molecule has 3 aromatic rings. The van der Waals surface area contributed by atoms with Gasteiger partial charge < -0.3 is 14.8 Å². The van der Waals surface area contributed by atoms with Crippen LogP contribution in [-0.2, 0) is 9.53 Å². The lowest BCUT2D eigenvalue weighted by atomic mass is 10.0. The van der Waals surface area contributed by atoms with Gasteiger partial charge in [-0.1, -0.05) is 38.1 Å². The van der Waals surface area contributed by atoms with Gasteiger partial charge in [-0.2, -0.15) is 5.26 Å². The molecular formula is C26H24N2O4. The molecule has 6 heteroatoms. The molecule has 32 heavy (non-hydrogen) atoms. The molecule has 1 amide bonds. The third-order valence-corrected chi connectivity index (χ3v) is 4.52. The molecular weight excluding hydrogens is 404 g/mol. The van der Waals surface area contributed by atoms with Crippen molar-refractivity contribution >= 4 is 17.6 Å². The molecule has 3 aromatic carbocycles. The Bertz CT molecular complexity index is 1100. The van der Waals surface area contributed by atoms with E-state index >= 15 is 0 Å². The van der Waals surface area contributed by atoms with Gasteiger partial charge >= 0.3 is 5.97 Å². The minimum Gasteiger partial charge on any atom is -0.484 e. The van der Waals surface area contributed by atoms with Gasteiger partial charge in [0.1, 0.15) is 5.75 Å². The number of amides is 1. The van der Waals surface area contributed by atoms with Crippen LogP contribution in [0.25, 0.3) is 11.1 Å². The Labute approximate surface area is 187 Å². The molecule has 0 saturated heterocycles. The van der Waals surface area contributed by atoms with Crippen molar-refractivity contribution in [1.29, 1.82) is 5.26 Å². The molecule has 0 unspecified atom stereocenters. The molecule has 0 aliphatic heterocycles. The Kier molecular flexibility index (Phi) is 7.60. The number of esters is 1. The maximum absolute atomic E-state index is 12.2. The third kappa shape index (κ3) is 6.44. The molecule has 0 aliphatic carbocycles. The van der Waals surface area contributed by atoms with Crippen LogP contribution in [-0.4, -0.2) is 25.1 Å². The second kappa shape index (κ2) is 10.8. The first-order valence-electron chi connectivity index (χ1n) is 10.2. The van der Waals surface area contributed by atoms with Crippen LogP contribution in [0.1, 0.15) is 29.8 Å². The standard InChI is InChI=1S/C26H24N2O4/c1-18(2)16-32-26(30)22-7-11-23(12-8-22)28-25(29)17-31-24-13-9-21(10-14-24)20-5-3-19(15-27)4-6-20/h3-14,18H,16-17H2,1-2H3,(H,28,29). The lowest BCUT2D eigenvalue weighted by molar-refractivity contribution is -0.118. The summed E-state index contributed by atoms with van der Waals surface area (Å²) in [5.41, 5.74) is 3.58. The Morgan fingerprint density at radius 3 is 2.06 bits per heavy atom. The molecule has 0 aromatic heterocycles. The molecule has 0 bridgehead atoms. The van der Waals surface area contributed by atoms with Gasteiger partial charge in [0.2, 0.25) is 0 Å². The molecule has 0 aliphatic rings. The number of anilines is 1. The summed E-state index contributed by atoms with van der Waals surface area (Å²) in [6.45, 7) is 4.16. The number of nitriles is 1. The lowest BCUT2D eigenvalue weighted by Gasteiger charge is -2.10. The number of carbonyl (C=O) groups is 2. The van der Waals surface area contributed by atoms with Crippen molar-refractivity contribution in [1.82, 2.24) is 0 Å². The van der Waals surface area contributed by atoms with Gasteiger partial charge in [-0.05, 0) is 65.6 Å². The topological polar surface area (TPSA) is 88.4 Å². The fourth-order valence-corrected chi connectivity index (χ4v) is 2.84. The number of carbonyl (C=O) groups excluding carboxylic acids is 2. The maximum atomic E-state index is 12.2. The van der Waals surface area contributed by atoms with E-state index < -0.39 is 0 Å². The Morgan fingerprint density at radius 2 is 1.50 bits per heavy atom. The van der Waals surface area contributed by atoms with E-state index in [2.05, 4.69) is 11.4 Å². The van der Waals surface area contributed by atoms with Crippen LogP contribution in [0.5, 0.6) is 5.75 Å². The molecule has 162 valence electrons. The molecule has 0 saturated carbocycles. The van der Waals surface area contributed by atoms with Gasteiger partial charge in [-0.3, -0.25) is 4.79 Å². The first kappa shape index (κ1) is 22.6. The van der Waals surface area contributed by atoms with Crippen molar-refractivity contribution in [3.05, 3.63) is 83.9 Å². The van der Waals surface area contributed by atoms with Crippen molar-refractivity contribution in [2.45, 2.75) is 13.8 Å². The number of hydrogen-bond acceptors (Lipinski definition) is 5. The predicted octanol–water partition coefficient (Wildman–Crippen LogP) is 5.06. The summed E-state index contributed by atoms with van der Waals surface area (Å²) in [7, 11) is 0. The number of benzene rings is 3. The normalized spacial score (nSPS) is 10.3. The molecule has 0 fully saturated rings. The second-order valence-corrected chi connectivity index (χ2v) is 7.62. The van der Waals surface area contributed by atoms with Crippen LogP contribution in [0.15, 0.2) is 72.8 Å². The summed E-state index contributed by atoms with van der Waals surface area (Å²) in [5.74, 6) is 0.145. The number of nitrogens with zero attached hydrogens (tertiary/aromatic N) is 1. The van der Waals surface area contributed by atoms with Crippen LogP contribution in [0.3, 0.4) is 0 Å². The van der Waals surface area contributed by atoms with Crippen molar-refractivity contribution in [2.24, 2.45) is 5.92 Å². The summed E-state index contributed by atoms with van der Waals surface area (Å²) in [4.78, 5) is 24.1. The van der Waals surface area contributed by atoms with Gasteiger partial charge in [0, 0.05) is 5.69 Å². The predicted molar refractivity (Wildman–Crippen MR) is 122 cm³/mol. The number of ether oxygens (including phenoxy) is 2. The van der Waals surface area contributed by atoms with Gasteiger partial charge in [-0.25, -0.2) is 4.79 Å². The molecule has 6 nitrogen and oxygen atoms in total. The first-order valence-corrected chi connectivity index (χ1v) is 10.2. The van der Waals surface area contributed by atoms with Crippen LogP contribution < -0.4 is 10.1 Å². The summed E-state index contributed by atoms with van der Waals surface area (Å²) in [6.07, 6.45) is 0. The summed E-state index contributed by atoms with van der Waals surface area (Å²) < 4.78 is 10.7. The quantitative estimate of drug-likeness (QED) is 0.507. The van der Waals surface area contributed by atoms with E-state index in [0.29, 0.717) is 29.2 Å². The zero-order chi connectivity index (χ0) is 22.9. The Morgan fingerprint density at radius 1 is 0.906 bits per heavy atom. The van der Waals surface area contributed by atoms with Crippen LogP contribution in [0.4, 0.5) is 5.69 Å². The Balaban J connectivity index is 1.49. The Hall–Kier alpha value is -4.11. The summed E-state index contributed by atoms with van der Waals surface area (Å²) in [5, 5.41) is 11.6. The second-order valence-electron chi connectivity index (χ2n) is 7.62. The van der Waals surface area contributed by atoms with Gasteiger partial charge in [-0.15, -0.1) is 0 Å². The number of nitrogens with one attached hydrogen (secondary N) is 1. The zero-order valence-corrected chi connectivity index (χ0v) is 18.0. The fourth-order valence-electron chi connectivity index (χ4n) is 2.84. The lowest BCUT2D eigenvalue weighted by Crippen LogP contribution is -2.20. The van der Waals surface area contributed by atoms with E-state index in [1.54, 1.807) is 48.5 Å². The summed E-state index contributed by atoms with van der Waals surface area (Å²) in [6, 6.07) is 23.3. The minimum atomic E-state index is -0.385. The first-order chi connectivity index (χ1) is 15.4. The van der Waals surface area contributed by atoms with E-state index in [1.807, 2.05) is 38.1 Å². The van der Waals surface area contributed by atoms with E-state index in [1.165, 1.54) is 0 Å². The molecule has 3 rings (SSSR count). The molecule has 0 radical (unpaired) electrons. The highest BCUT2D eigenvalue weighted by atomic mass is 16.5. The molecule has 1 N–H and O–H groups in total. The third-order valence-electron chi connectivity index (χ3n) is 4.52. The van der Waals surface area contributed by atoms with Crippen molar-refractivity contribution in [3.63, 3.8) is 0 Å². The van der Waals surface area contributed by atoms with Crippen LogP contribution >= 0.6 is 0 Å². The summed E-state index contributed by atoms with van der Waals surface area (Å²) >= 11 is 0. The van der Waals surface area contributed by atoms with Gasteiger partial charge in [0.25, 0.3) is 5.91 Å². The largest absolute Gasteiger partial charge is 0.484 e. The SMILES string of the molecule is CC(C)COC(=O)c1ccc(NC(=O)COc2ccc(-c3ccc(C#N)cc3)cc2)cc1. The highest BCUT2D eigenvalue weighted by molar-refractivity contribution is 5.93. The smallest absolute Gasteiger partial charge is 0.338 e. The van der Waals surface area contributed by atoms with E-state index in [-0.39, 0.29) is 24.4 Å². The van der Waals surface area contributed by atoms with Crippen LogP contribution in [0, 0.1) is 17.2 Å². The average Bonchev–Trinajstić information content (AvgIpc) is 2.82. The van der Waals surface area contributed by atoms with Crippen molar-refractivity contribution in [3.8, 4) is 22.9 Å². The monoisotopic (exact) mass is 428 g/mol. The average molecular weight is 428 g/mol. The zero-order valence-electron chi connectivity index (χ0n) is 18.0. The van der Waals surface area contributed by atoms with Crippen molar-refractivity contribution < 1.29 is 19.1 Å². The minimum absolute atomic E-state index is 0.144. The maximum Gasteiger partial charge on any atom is 0.338 e. The number of rotatable bonds is 8.